The molecule has 0 amide bonds. The van der Waals surface area contributed by atoms with Crippen molar-refractivity contribution in [3.8, 4) is 29.1 Å². The van der Waals surface area contributed by atoms with Gasteiger partial charge in [0.05, 0.1) is 5.92 Å². The van der Waals surface area contributed by atoms with Crippen molar-refractivity contribution in [1.82, 2.24) is 0 Å². The number of ether oxygens (including phenoxy) is 4. The average Bonchev–Trinajstić information content (AvgIpc) is 2.93. The van der Waals surface area contributed by atoms with E-state index in [1.807, 2.05) is 6.07 Å². The number of allylic oxidation sites excluding steroid dienone is 1. The number of nitrogens with zero attached hydrogens (tertiary/aromatic N) is 1. The molecule has 0 fully saturated rings. The molecule has 3 aromatic rings. The van der Waals surface area contributed by atoms with E-state index >= 15 is 0 Å². The number of hydrogen-bond donors (Lipinski definition) is 1. The van der Waals surface area contributed by atoms with Gasteiger partial charge in [0.25, 0.3) is 0 Å². The summed E-state index contributed by atoms with van der Waals surface area (Å²) in [6.07, 6.45) is 1.59. The molecule has 0 saturated heterocycles. The minimum absolute atomic E-state index is 0.111. The van der Waals surface area contributed by atoms with Gasteiger partial charge in [-0.05, 0) is 23.8 Å². The fourth-order valence-corrected chi connectivity index (χ4v) is 3.76. The van der Waals surface area contributed by atoms with Gasteiger partial charge in [-0.2, -0.15) is 14.0 Å². The van der Waals surface area contributed by atoms with E-state index in [9.17, 15) is 32.0 Å². The second kappa shape index (κ2) is 11.1. The Morgan fingerprint density at radius 1 is 0.974 bits per heavy atom. The predicted octanol–water partition coefficient (Wildman–Crippen LogP) is 5.15. The molecule has 1 heterocycles. The lowest BCUT2D eigenvalue weighted by molar-refractivity contribution is -0.136. The van der Waals surface area contributed by atoms with Crippen molar-refractivity contribution in [3.63, 3.8) is 0 Å². The summed E-state index contributed by atoms with van der Waals surface area (Å²) in [6, 6.07) is 13.1. The molecule has 0 aliphatic carbocycles. The van der Waals surface area contributed by atoms with Crippen LogP contribution in [0.3, 0.4) is 0 Å². The molecule has 4 rings (SSSR count). The highest BCUT2D eigenvalue weighted by molar-refractivity contribution is 5.74. The predicted molar refractivity (Wildman–Crippen MR) is 125 cm³/mol. The lowest BCUT2D eigenvalue weighted by Gasteiger charge is -2.26. The number of rotatable bonds is 8. The Kier molecular flexibility index (Phi) is 7.71. The first-order valence-corrected chi connectivity index (χ1v) is 11.1. The summed E-state index contributed by atoms with van der Waals surface area (Å²) in [7, 11) is 0. The first-order valence-electron chi connectivity index (χ1n) is 11.1. The van der Waals surface area contributed by atoms with Crippen LogP contribution in [0, 0.1) is 40.4 Å². The summed E-state index contributed by atoms with van der Waals surface area (Å²) in [5, 5.41) is 9.70. The highest BCUT2D eigenvalue weighted by Crippen LogP contribution is 2.43. The number of nitriles is 1. The molecule has 1 unspecified atom stereocenters. The second-order valence-electron chi connectivity index (χ2n) is 7.95. The SMILES string of the molecule is C=CCOc1ccc(C2C(C#N)=C(N)Oc3cc(OC(=O)COc4c(F)c(F)c(F)c(F)c4F)ccc32)cc1. The van der Waals surface area contributed by atoms with Gasteiger partial charge in [0.15, 0.2) is 12.4 Å². The van der Waals surface area contributed by atoms with Crippen molar-refractivity contribution >= 4 is 5.97 Å². The minimum Gasteiger partial charge on any atom is -0.490 e. The quantitative estimate of drug-likeness (QED) is 0.105. The largest absolute Gasteiger partial charge is 0.490 e. The number of esters is 1. The van der Waals surface area contributed by atoms with Crippen LogP contribution in [-0.2, 0) is 4.79 Å². The van der Waals surface area contributed by atoms with E-state index in [2.05, 4.69) is 11.3 Å². The molecule has 0 aromatic heterocycles. The minimum atomic E-state index is -2.36. The van der Waals surface area contributed by atoms with Gasteiger partial charge < -0.3 is 24.7 Å². The Morgan fingerprint density at radius 2 is 1.59 bits per heavy atom. The number of carbonyl (C=O) groups excluding carboxylic acids is 1. The third-order valence-electron chi connectivity index (χ3n) is 5.51. The molecule has 7 nitrogen and oxygen atoms in total. The summed E-state index contributed by atoms with van der Waals surface area (Å²) in [5.74, 6) is -14.3. The van der Waals surface area contributed by atoms with E-state index in [4.69, 9.17) is 19.9 Å². The summed E-state index contributed by atoms with van der Waals surface area (Å²) in [5.41, 5.74) is 7.31. The lowest BCUT2D eigenvalue weighted by Crippen LogP contribution is -2.22. The zero-order valence-corrected chi connectivity index (χ0v) is 19.8. The van der Waals surface area contributed by atoms with Gasteiger partial charge in [0.2, 0.25) is 35.0 Å². The van der Waals surface area contributed by atoms with Crippen molar-refractivity contribution in [2.75, 3.05) is 13.2 Å². The van der Waals surface area contributed by atoms with E-state index in [-0.39, 0.29) is 23.0 Å². The molecule has 12 heteroatoms. The van der Waals surface area contributed by atoms with Crippen LogP contribution in [0.2, 0.25) is 0 Å². The molecule has 0 saturated carbocycles. The average molecular weight is 544 g/mol. The number of halogens is 5. The van der Waals surface area contributed by atoms with Crippen molar-refractivity contribution in [1.29, 1.82) is 5.26 Å². The van der Waals surface area contributed by atoms with Crippen LogP contribution < -0.4 is 24.7 Å². The van der Waals surface area contributed by atoms with Gasteiger partial charge in [-0.1, -0.05) is 30.9 Å². The molecule has 0 bridgehead atoms. The second-order valence-corrected chi connectivity index (χ2v) is 7.95. The third-order valence-corrected chi connectivity index (χ3v) is 5.51. The molecule has 1 atom stereocenters. The van der Waals surface area contributed by atoms with Gasteiger partial charge in [0.1, 0.15) is 35.5 Å². The van der Waals surface area contributed by atoms with E-state index in [0.29, 0.717) is 23.5 Å². The van der Waals surface area contributed by atoms with Gasteiger partial charge in [-0.15, -0.1) is 0 Å². The Balaban J connectivity index is 1.54. The number of fused-ring (bicyclic) bond motifs is 1. The Labute approximate surface area is 218 Å². The van der Waals surface area contributed by atoms with E-state index in [0.717, 1.165) is 0 Å². The third kappa shape index (κ3) is 5.33. The highest BCUT2D eigenvalue weighted by Gasteiger charge is 2.31. The fraction of sp³-hybridized carbons (Fsp3) is 0.111. The van der Waals surface area contributed by atoms with Crippen molar-refractivity contribution < 1.29 is 45.7 Å². The first kappa shape index (κ1) is 27.0. The molecule has 1 aliphatic heterocycles. The van der Waals surface area contributed by atoms with Crippen LogP contribution >= 0.6 is 0 Å². The van der Waals surface area contributed by atoms with Crippen molar-refractivity contribution in [2.45, 2.75) is 5.92 Å². The van der Waals surface area contributed by atoms with Gasteiger partial charge >= 0.3 is 5.97 Å². The number of hydrogen-bond acceptors (Lipinski definition) is 7. The van der Waals surface area contributed by atoms with Crippen LogP contribution in [0.15, 0.2) is 66.6 Å². The standard InChI is InChI=1S/C27H17F5N2O5/c1-2-9-36-14-5-3-13(4-6-14)20-16-8-7-15(10-18(16)39-27(34)17(20)11-33)38-19(35)12-37-26-24(31)22(29)21(28)23(30)25(26)32/h2-8,10,20H,1,9,12,34H2. The maximum Gasteiger partial charge on any atom is 0.349 e. The number of nitrogens with two attached hydrogens (primary N) is 1. The number of benzene rings is 3. The number of carbonyl (C=O) groups is 1. The van der Waals surface area contributed by atoms with Crippen molar-refractivity contribution in [2.24, 2.45) is 5.73 Å². The monoisotopic (exact) mass is 544 g/mol. The smallest absolute Gasteiger partial charge is 0.349 e. The summed E-state index contributed by atoms with van der Waals surface area (Å²) < 4.78 is 87.9. The van der Waals surface area contributed by atoms with E-state index < -0.39 is 53.3 Å². The summed E-state index contributed by atoms with van der Waals surface area (Å²) in [6.45, 7) is 2.71. The first-order chi connectivity index (χ1) is 18.7. The molecule has 200 valence electrons. The Morgan fingerprint density at radius 3 is 2.21 bits per heavy atom. The fourth-order valence-electron chi connectivity index (χ4n) is 3.76. The highest BCUT2D eigenvalue weighted by atomic mass is 19.2. The zero-order valence-electron chi connectivity index (χ0n) is 19.8. The van der Waals surface area contributed by atoms with Crippen LogP contribution in [0.4, 0.5) is 22.0 Å². The normalized spacial score (nSPS) is 14.1. The van der Waals surface area contributed by atoms with Gasteiger partial charge in [0, 0.05) is 11.6 Å². The molecular formula is C27H17F5N2O5. The Hall–Kier alpha value is -5.05. The maximum atomic E-state index is 13.8. The van der Waals surface area contributed by atoms with Gasteiger partial charge in [-0.3, -0.25) is 0 Å². The zero-order chi connectivity index (χ0) is 28.3. The Bertz CT molecular complexity index is 1500. The van der Waals surface area contributed by atoms with Crippen LogP contribution in [0.5, 0.6) is 23.0 Å². The van der Waals surface area contributed by atoms with Crippen LogP contribution in [0.25, 0.3) is 0 Å². The maximum absolute atomic E-state index is 13.8. The molecule has 3 aromatic carbocycles. The topological polar surface area (TPSA) is 104 Å². The van der Waals surface area contributed by atoms with Crippen LogP contribution in [0.1, 0.15) is 17.0 Å². The van der Waals surface area contributed by atoms with Gasteiger partial charge in [-0.25, -0.2) is 18.0 Å². The summed E-state index contributed by atoms with van der Waals surface area (Å²) in [4.78, 5) is 12.2. The van der Waals surface area contributed by atoms with E-state index in [1.165, 1.54) is 18.2 Å². The van der Waals surface area contributed by atoms with Crippen molar-refractivity contribution in [3.05, 3.63) is 107 Å². The molecular weight excluding hydrogens is 527 g/mol. The lowest BCUT2D eigenvalue weighted by atomic mass is 9.83. The molecule has 0 radical (unpaired) electrons. The molecule has 39 heavy (non-hydrogen) atoms. The van der Waals surface area contributed by atoms with Crippen LogP contribution in [-0.4, -0.2) is 19.2 Å². The van der Waals surface area contributed by atoms with E-state index in [1.54, 1.807) is 30.3 Å². The molecule has 1 aliphatic rings. The summed E-state index contributed by atoms with van der Waals surface area (Å²) >= 11 is 0. The molecule has 2 N–H and O–H groups in total. The molecule has 0 spiro atoms.